The minimum absolute atomic E-state index is 0.00986. The van der Waals surface area contributed by atoms with Crippen molar-refractivity contribution < 1.29 is 27.8 Å². The number of aliphatic hydroxyl groups is 1. The summed E-state index contributed by atoms with van der Waals surface area (Å²) in [6, 6.07) is 8.70. The quantitative estimate of drug-likeness (QED) is 0.903. The van der Waals surface area contributed by atoms with Gasteiger partial charge in [0.2, 0.25) is 0 Å². The van der Waals surface area contributed by atoms with Crippen LogP contribution in [-0.2, 0) is 6.18 Å². The highest BCUT2D eigenvalue weighted by Crippen LogP contribution is 2.34. The number of hydrogen-bond donors (Lipinski definition) is 1. The predicted molar refractivity (Wildman–Crippen MR) is 83.6 cm³/mol. The topological polar surface area (TPSA) is 62.7 Å². The maximum absolute atomic E-state index is 12.9. The highest BCUT2D eigenvalue weighted by Gasteiger charge is 2.34. The molecule has 0 fully saturated rings. The highest BCUT2D eigenvalue weighted by atomic mass is 19.4. The summed E-state index contributed by atoms with van der Waals surface area (Å²) in [7, 11) is 0. The van der Waals surface area contributed by atoms with E-state index >= 15 is 0 Å². The number of nitrogens with zero attached hydrogens (tertiary/aromatic N) is 2. The molecule has 0 saturated heterocycles. The Hall–Kier alpha value is -2.61. The van der Waals surface area contributed by atoms with Crippen molar-refractivity contribution >= 4 is 11.6 Å². The standard InChI is InChI=1S/C17H15F3N2O3/c1-10-12(6-7-15(21-10)17(18,19)20)16(24)22-8-11(9-23)25-14-5-3-2-4-13(14)22/h2-7,11,23H,8-9H2,1H3/t11-/m0/s1. The predicted octanol–water partition coefficient (Wildman–Crippen LogP) is 2.81. The summed E-state index contributed by atoms with van der Waals surface area (Å²) < 4.78 is 43.8. The van der Waals surface area contributed by atoms with Gasteiger partial charge < -0.3 is 14.7 Å². The van der Waals surface area contributed by atoms with Crippen LogP contribution in [0.25, 0.3) is 0 Å². The fourth-order valence-electron chi connectivity index (χ4n) is 2.68. The van der Waals surface area contributed by atoms with Crippen LogP contribution in [0.1, 0.15) is 21.7 Å². The molecule has 1 aliphatic rings. The highest BCUT2D eigenvalue weighted by molar-refractivity contribution is 6.07. The number of carbonyl (C=O) groups excluding carboxylic acids is 1. The number of para-hydroxylation sites is 2. The molecule has 1 N–H and O–H groups in total. The van der Waals surface area contributed by atoms with E-state index < -0.39 is 23.9 Å². The van der Waals surface area contributed by atoms with Crippen LogP contribution in [0, 0.1) is 6.92 Å². The number of amides is 1. The molecule has 1 atom stereocenters. The van der Waals surface area contributed by atoms with E-state index in [1.54, 1.807) is 24.3 Å². The van der Waals surface area contributed by atoms with E-state index in [9.17, 15) is 23.1 Å². The largest absolute Gasteiger partial charge is 0.484 e. The molecule has 1 aromatic heterocycles. The Bertz CT molecular complexity index is 808. The lowest BCUT2D eigenvalue weighted by Crippen LogP contribution is -2.45. The Morgan fingerprint density at radius 3 is 2.68 bits per heavy atom. The summed E-state index contributed by atoms with van der Waals surface area (Å²) in [6.45, 7) is 1.16. The number of rotatable bonds is 2. The van der Waals surface area contributed by atoms with Crippen molar-refractivity contribution in [2.75, 3.05) is 18.1 Å². The lowest BCUT2D eigenvalue weighted by atomic mass is 10.1. The number of aromatic nitrogens is 1. The summed E-state index contributed by atoms with van der Waals surface area (Å²) in [5, 5.41) is 9.37. The van der Waals surface area contributed by atoms with Gasteiger partial charge in [-0.3, -0.25) is 4.79 Å². The first kappa shape index (κ1) is 17.2. The van der Waals surface area contributed by atoms with E-state index in [1.165, 1.54) is 11.8 Å². The van der Waals surface area contributed by atoms with Crippen molar-refractivity contribution in [1.82, 2.24) is 4.98 Å². The van der Waals surface area contributed by atoms with E-state index in [2.05, 4.69) is 4.98 Å². The summed E-state index contributed by atoms with van der Waals surface area (Å²) in [5.41, 5.74) is -0.487. The van der Waals surface area contributed by atoms with Crippen LogP contribution in [0.5, 0.6) is 5.75 Å². The van der Waals surface area contributed by atoms with E-state index in [0.29, 0.717) is 11.4 Å². The average molecular weight is 352 g/mol. The maximum Gasteiger partial charge on any atom is 0.433 e. The normalized spacial score (nSPS) is 17.0. The van der Waals surface area contributed by atoms with Gasteiger partial charge in [-0.25, -0.2) is 4.98 Å². The number of fused-ring (bicyclic) bond motifs is 1. The van der Waals surface area contributed by atoms with Gasteiger partial charge in [-0.1, -0.05) is 12.1 Å². The number of alkyl halides is 3. The number of pyridine rings is 1. The monoisotopic (exact) mass is 352 g/mol. The Kier molecular flexibility index (Phi) is 4.38. The van der Waals surface area contributed by atoms with E-state index in [4.69, 9.17) is 4.74 Å². The summed E-state index contributed by atoms with van der Waals surface area (Å²) in [6.07, 6.45) is -5.18. The molecule has 0 unspecified atom stereocenters. The lowest BCUT2D eigenvalue weighted by Gasteiger charge is -2.34. The van der Waals surface area contributed by atoms with Gasteiger partial charge in [0.15, 0.2) is 0 Å². The molecule has 0 bridgehead atoms. The number of benzene rings is 1. The molecular formula is C17H15F3N2O3. The molecule has 0 spiro atoms. The molecule has 2 heterocycles. The second kappa shape index (κ2) is 6.36. The van der Waals surface area contributed by atoms with Crippen molar-refractivity contribution in [1.29, 1.82) is 0 Å². The number of aryl methyl sites for hydroxylation is 1. The SMILES string of the molecule is Cc1nc(C(F)(F)F)ccc1C(=O)N1C[C@@H](CO)Oc2ccccc21. The number of anilines is 1. The summed E-state index contributed by atoms with van der Waals surface area (Å²) in [4.78, 5) is 17.8. The molecule has 0 saturated carbocycles. The zero-order valence-corrected chi connectivity index (χ0v) is 13.2. The molecule has 0 aliphatic carbocycles. The van der Waals surface area contributed by atoms with Gasteiger partial charge in [0.1, 0.15) is 17.5 Å². The molecule has 5 nitrogen and oxygen atoms in total. The minimum atomic E-state index is -4.57. The first-order chi connectivity index (χ1) is 11.8. The van der Waals surface area contributed by atoms with Crippen LogP contribution >= 0.6 is 0 Å². The molecule has 1 aromatic carbocycles. The molecule has 1 amide bonds. The van der Waals surface area contributed by atoms with Crippen molar-refractivity contribution in [2.45, 2.75) is 19.2 Å². The van der Waals surface area contributed by atoms with Gasteiger partial charge in [-0.05, 0) is 31.2 Å². The second-order valence-corrected chi connectivity index (χ2v) is 5.63. The third-order valence-corrected chi connectivity index (χ3v) is 3.89. The molecule has 8 heteroatoms. The first-order valence-corrected chi connectivity index (χ1v) is 7.54. The Labute approximate surface area is 141 Å². The smallest absolute Gasteiger partial charge is 0.433 e. The van der Waals surface area contributed by atoms with E-state index in [1.807, 2.05) is 0 Å². The zero-order valence-electron chi connectivity index (χ0n) is 13.2. The molecule has 132 valence electrons. The number of ether oxygens (including phenoxy) is 1. The van der Waals surface area contributed by atoms with Crippen molar-refractivity contribution in [3.63, 3.8) is 0 Å². The van der Waals surface area contributed by atoms with Gasteiger partial charge in [0, 0.05) is 0 Å². The van der Waals surface area contributed by atoms with E-state index in [-0.39, 0.29) is 24.4 Å². The zero-order chi connectivity index (χ0) is 18.2. The van der Waals surface area contributed by atoms with Crippen molar-refractivity contribution in [3.05, 3.63) is 53.3 Å². The van der Waals surface area contributed by atoms with Crippen LogP contribution in [0.4, 0.5) is 18.9 Å². The van der Waals surface area contributed by atoms with Gasteiger partial charge >= 0.3 is 6.18 Å². The third kappa shape index (κ3) is 3.30. The fraction of sp³-hybridized carbons (Fsp3) is 0.294. The van der Waals surface area contributed by atoms with E-state index in [0.717, 1.165) is 12.1 Å². The molecule has 3 rings (SSSR count). The first-order valence-electron chi connectivity index (χ1n) is 7.54. The maximum atomic E-state index is 12.9. The lowest BCUT2D eigenvalue weighted by molar-refractivity contribution is -0.141. The number of halogens is 3. The van der Waals surface area contributed by atoms with Crippen LogP contribution in [0.15, 0.2) is 36.4 Å². The van der Waals surface area contributed by atoms with Crippen molar-refractivity contribution in [2.24, 2.45) is 0 Å². The number of hydrogen-bond acceptors (Lipinski definition) is 4. The fourth-order valence-corrected chi connectivity index (χ4v) is 2.68. The Morgan fingerprint density at radius 1 is 1.32 bits per heavy atom. The number of aliphatic hydroxyl groups excluding tert-OH is 1. The minimum Gasteiger partial charge on any atom is -0.484 e. The average Bonchev–Trinajstić information content (AvgIpc) is 2.59. The molecule has 2 aromatic rings. The van der Waals surface area contributed by atoms with Crippen LogP contribution < -0.4 is 9.64 Å². The van der Waals surface area contributed by atoms with Crippen LogP contribution in [0.2, 0.25) is 0 Å². The molecule has 25 heavy (non-hydrogen) atoms. The molecule has 1 aliphatic heterocycles. The Morgan fingerprint density at radius 2 is 2.04 bits per heavy atom. The van der Waals surface area contributed by atoms with Crippen LogP contribution in [0.3, 0.4) is 0 Å². The summed E-state index contributed by atoms with van der Waals surface area (Å²) >= 11 is 0. The third-order valence-electron chi connectivity index (χ3n) is 3.89. The molecular weight excluding hydrogens is 337 g/mol. The van der Waals surface area contributed by atoms with Crippen molar-refractivity contribution in [3.8, 4) is 5.75 Å². The Balaban J connectivity index is 1.98. The summed E-state index contributed by atoms with van der Waals surface area (Å²) in [5.74, 6) is -0.0633. The van der Waals surface area contributed by atoms with Gasteiger partial charge in [0.25, 0.3) is 5.91 Å². The van der Waals surface area contributed by atoms with Gasteiger partial charge in [0.05, 0.1) is 30.1 Å². The van der Waals surface area contributed by atoms with Gasteiger partial charge in [-0.2, -0.15) is 13.2 Å². The van der Waals surface area contributed by atoms with Gasteiger partial charge in [-0.15, -0.1) is 0 Å². The molecule has 0 radical (unpaired) electrons. The number of carbonyl (C=O) groups is 1. The second-order valence-electron chi connectivity index (χ2n) is 5.63. The van der Waals surface area contributed by atoms with Crippen LogP contribution in [-0.4, -0.2) is 35.3 Å².